The maximum absolute atomic E-state index is 13.6. The van der Waals surface area contributed by atoms with Crippen molar-refractivity contribution in [2.75, 3.05) is 29.6 Å². The molecule has 1 aliphatic heterocycles. The van der Waals surface area contributed by atoms with E-state index in [1.54, 1.807) is 30.0 Å². The summed E-state index contributed by atoms with van der Waals surface area (Å²) in [6, 6.07) is 7.01. The van der Waals surface area contributed by atoms with Gasteiger partial charge in [-0.3, -0.25) is 24.0 Å². The van der Waals surface area contributed by atoms with Gasteiger partial charge in [-0.2, -0.15) is 5.10 Å². The third-order valence-corrected chi connectivity index (χ3v) is 7.81. The number of aryl methyl sites for hydroxylation is 1. The van der Waals surface area contributed by atoms with Gasteiger partial charge in [-0.15, -0.1) is 0 Å². The Kier molecular flexibility index (Phi) is 7.81. The van der Waals surface area contributed by atoms with E-state index in [9.17, 15) is 9.59 Å². The highest BCUT2D eigenvalue weighted by Crippen LogP contribution is 2.32. The largest absolute Gasteiger partial charge is 0.377 e. The van der Waals surface area contributed by atoms with Crippen LogP contribution in [-0.4, -0.2) is 50.0 Å². The summed E-state index contributed by atoms with van der Waals surface area (Å²) in [7, 11) is 1.78. The maximum Gasteiger partial charge on any atom is 0.281 e. The summed E-state index contributed by atoms with van der Waals surface area (Å²) in [4.78, 5) is 37.7. The number of anilines is 2. The molecule has 1 saturated heterocycles. The molecule has 4 heterocycles. The molecule has 10 nitrogen and oxygen atoms in total. The zero-order chi connectivity index (χ0) is 27.7. The minimum absolute atomic E-state index is 0.0858. The predicted octanol–water partition coefficient (Wildman–Crippen LogP) is 4.58. The van der Waals surface area contributed by atoms with Crippen LogP contribution in [0.3, 0.4) is 0 Å². The number of hydrogen-bond donors (Lipinski definition) is 3. The molecule has 1 amide bonds. The Labute approximate surface area is 235 Å². The molecule has 3 aromatic heterocycles. The number of hydrogen-bond acceptors (Lipinski definition) is 8. The highest BCUT2D eigenvalue weighted by Gasteiger charge is 2.26. The van der Waals surface area contributed by atoms with Gasteiger partial charge >= 0.3 is 0 Å². The Morgan fingerprint density at radius 2 is 2.00 bits per heavy atom. The minimum atomic E-state index is -0.345. The number of nitrogens with zero attached hydrogens (tertiary/aromatic N) is 5. The van der Waals surface area contributed by atoms with Gasteiger partial charge < -0.3 is 10.2 Å². The lowest BCUT2D eigenvalue weighted by Gasteiger charge is -2.33. The van der Waals surface area contributed by atoms with Gasteiger partial charge in [0.05, 0.1) is 28.8 Å². The fraction of sp³-hybridized carbons (Fsp3) is 0.370. The monoisotopic (exact) mass is 566 g/mol. The number of aromatic nitrogens is 5. The molecule has 0 bridgehead atoms. The minimum Gasteiger partial charge on any atom is -0.377 e. The highest BCUT2D eigenvalue weighted by atomic mass is 35.5. The summed E-state index contributed by atoms with van der Waals surface area (Å²) >= 11 is 7.28. The molecule has 3 N–H and O–H groups in total. The van der Waals surface area contributed by atoms with Crippen molar-refractivity contribution in [1.29, 1.82) is 0 Å². The van der Waals surface area contributed by atoms with E-state index < -0.39 is 0 Å². The number of carbonyl (C=O) groups is 1. The summed E-state index contributed by atoms with van der Waals surface area (Å²) in [6.45, 7) is 5.53. The summed E-state index contributed by atoms with van der Waals surface area (Å²) in [6.07, 6.45) is 7.52. The molecular weight excluding hydrogens is 536 g/mol. The average molecular weight is 567 g/mol. The molecule has 0 spiro atoms. The Morgan fingerprint density at radius 3 is 2.69 bits per heavy atom. The first kappa shape index (κ1) is 27.0. The first-order chi connectivity index (χ1) is 18.8. The van der Waals surface area contributed by atoms with Gasteiger partial charge in [0.1, 0.15) is 5.15 Å². The van der Waals surface area contributed by atoms with Crippen molar-refractivity contribution < 1.29 is 4.79 Å². The molecule has 12 heteroatoms. The third-order valence-electron chi connectivity index (χ3n) is 7.21. The molecule has 0 aliphatic carbocycles. The number of nitrogens with one attached hydrogen (secondary N) is 3. The number of H-pyrrole nitrogens is 1. The van der Waals surface area contributed by atoms with Gasteiger partial charge in [-0.1, -0.05) is 29.6 Å². The standard InChI is InChI=1S/C27H31ClN8O2S/c1-15-11-19(16(2)31-21-5-6-22(28)32-24(21)25(37)34-39-4)23-20(12-15)26(38)35(3)27(33-23)36-9-7-17(8-10-36)18-13-29-30-14-18/h5-6,11-14,16-17,31H,7-10H2,1-4H3,(H,29,30)(H,34,37)/t16-/m1/s1. The molecule has 0 unspecified atom stereocenters. The molecule has 1 atom stereocenters. The van der Waals surface area contributed by atoms with E-state index in [0.29, 0.717) is 28.5 Å². The van der Waals surface area contributed by atoms with Crippen LogP contribution >= 0.6 is 23.5 Å². The zero-order valence-electron chi connectivity index (χ0n) is 22.3. The molecule has 4 aromatic rings. The van der Waals surface area contributed by atoms with Crippen molar-refractivity contribution in [3.8, 4) is 0 Å². The number of fused-ring (bicyclic) bond motifs is 1. The number of amides is 1. The highest BCUT2D eigenvalue weighted by molar-refractivity contribution is 7.97. The Hall–Kier alpha value is -3.57. The quantitative estimate of drug-likeness (QED) is 0.220. The molecule has 204 valence electrons. The second-order valence-corrected chi connectivity index (χ2v) is 10.9. The van der Waals surface area contributed by atoms with E-state index in [4.69, 9.17) is 16.6 Å². The van der Waals surface area contributed by atoms with Crippen LogP contribution in [0.2, 0.25) is 5.15 Å². The lowest BCUT2D eigenvalue weighted by molar-refractivity contribution is 0.0980. The molecule has 5 rings (SSSR count). The number of piperidine rings is 1. The number of rotatable bonds is 7. The summed E-state index contributed by atoms with van der Waals surface area (Å²) in [5.41, 5.74) is 4.33. The first-order valence-corrected chi connectivity index (χ1v) is 14.4. The first-order valence-electron chi connectivity index (χ1n) is 12.8. The van der Waals surface area contributed by atoms with Crippen LogP contribution in [0.25, 0.3) is 10.9 Å². The molecule has 1 aliphatic rings. The molecule has 1 aromatic carbocycles. The van der Waals surface area contributed by atoms with E-state index in [1.165, 1.54) is 17.5 Å². The lowest BCUT2D eigenvalue weighted by Crippen LogP contribution is -2.37. The predicted molar refractivity (Wildman–Crippen MR) is 157 cm³/mol. The second-order valence-electron chi connectivity index (χ2n) is 9.85. The van der Waals surface area contributed by atoms with Crippen molar-refractivity contribution >= 4 is 52.0 Å². The van der Waals surface area contributed by atoms with Crippen LogP contribution in [0.15, 0.2) is 41.5 Å². The van der Waals surface area contributed by atoms with E-state index in [0.717, 1.165) is 37.1 Å². The van der Waals surface area contributed by atoms with Gasteiger partial charge in [-0.05, 0) is 61.9 Å². The van der Waals surface area contributed by atoms with Crippen LogP contribution in [-0.2, 0) is 7.05 Å². The second kappa shape index (κ2) is 11.3. The van der Waals surface area contributed by atoms with Crippen LogP contribution in [0.1, 0.15) is 58.9 Å². The van der Waals surface area contributed by atoms with Crippen molar-refractivity contribution in [3.63, 3.8) is 0 Å². The number of carbonyl (C=O) groups excluding carboxylic acids is 1. The average Bonchev–Trinajstić information content (AvgIpc) is 3.47. The Bertz CT molecular complexity index is 1560. The van der Waals surface area contributed by atoms with Gasteiger partial charge in [-0.25, -0.2) is 9.97 Å². The molecule has 1 fully saturated rings. The van der Waals surface area contributed by atoms with Crippen LogP contribution in [0.5, 0.6) is 0 Å². The topological polar surface area (TPSA) is 121 Å². The van der Waals surface area contributed by atoms with Crippen molar-refractivity contribution in [3.05, 3.63) is 74.6 Å². The molecular formula is C27H31ClN8O2S. The fourth-order valence-electron chi connectivity index (χ4n) is 5.23. The van der Waals surface area contributed by atoms with Crippen LogP contribution < -0.4 is 20.5 Å². The van der Waals surface area contributed by atoms with E-state index in [2.05, 4.69) is 30.1 Å². The summed E-state index contributed by atoms with van der Waals surface area (Å²) in [5.74, 6) is 0.746. The SMILES string of the molecule is CSNC(=O)c1nc(Cl)ccc1N[C@H](C)c1cc(C)cc2c(=O)n(C)c(N3CCC(c4cn[nH]c4)CC3)nc12. The van der Waals surface area contributed by atoms with Gasteiger partial charge in [0.15, 0.2) is 5.69 Å². The number of halogens is 1. The van der Waals surface area contributed by atoms with E-state index in [1.807, 2.05) is 38.4 Å². The summed E-state index contributed by atoms with van der Waals surface area (Å²) in [5, 5.41) is 11.2. The number of aromatic amines is 1. The maximum atomic E-state index is 13.6. The van der Waals surface area contributed by atoms with Crippen molar-refractivity contribution in [2.24, 2.45) is 7.05 Å². The van der Waals surface area contributed by atoms with E-state index in [-0.39, 0.29) is 28.4 Å². The number of pyridine rings is 1. The molecule has 39 heavy (non-hydrogen) atoms. The third kappa shape index (κ3) is 5.46. The molecule has 0 radical (unpaired) electrons. The van der Waals surface area contributed by atoms with Crippen LogP contribution in [0, 0.1) is 6.92 Å². The fourth-order valence-corrected chi connectivity index (χ4v) is 5.66. The van der Waals surface area contributed by atoms with Gasteiger partial charge in [0.25, 0.3) is 11.5 Å². The smallest absolute Gasteiger partial charge is 0.281 e. The Morgan fingerprint density at radius 1 is 1.23 bits per heavy atom. The van der Waals surface area contributed by atoms with Crippen molar-refractivity contribution in [2.45, 2.75) is 38.6 Å². The van der Waals surface area contributed by atoms with Gasteiger partial charge in [0, 0.05) is 38.2 Å². The number of benzene rings is 1. The van der Waals surface area contributed by atoms with Crippen molar-refractivity contribution in [1.82, 2.24) is 29.5 Å². The van der Waals surface area contributed by atoms with Crippen LogP contribution in [0.4, 0.5) is 11.6 Å². The van der Waals surface area contributed by atoms with E-state index >= 15 is 0 Å². The Balaban J connectivity index is 1.50. The normalized spacial score (nSPS) is 14.9. The van der Waals surface area contributed by atoms with Gasteiger partial charge in [0.2, 0.25) is 5.95 Å². The summed E-state index contributed by atoms with van der Waals surface area (Å²) < 4.78 is 4.35. The lowest BCUT2D eigenvalue weighted by atomic mass is 9.92. The zero-order valence-corrected chi connectivity index (χ0v) is 23.9. The molecule has 0 saturated carbocycles.